The summed E-state index contributed by atoms with van der Waals surface area (Å²) < 4.78 is 0. The van der Waals surface area contributed by atoms with Gasteiger partial charge in [-0.2, -0.15) is 0 Å². The Kier molecular flexibility index (Phi) is 3.45. The number of aryl methyl sites for hydroxylation is 1. The second-order valence-electron chi connectivity index (χ2n) is 7.07. The first kappa shape index (κ1) is 13.2. The fourth-order valence-corrected chi connectivity index (χ4v) is 5.15. The highest BCUT2D eigenvalue weighted by molar-refractivity contribution is 5.34. The Morgan fingerprint density at radius 2 is 1.95 bits per heavy atom. The summed E-state index contributed by atoms with van der Waals surface area (Å²) in [6, 6.07) is 9.23. The Morgan fingerprint density at radius 1 is 1.16 bits per heavy atom. The minimum Gasteiger partial charge on any atom is -0.0651 e. The Morgan fingerprint density at radius 3 is 2.68 bits per heavy atom. The Hall–Kier alpha value is -0.780. The quantitative estimate of drug-likeness (QED) is 0.649. The van der Waals surface area contributed by atoms with Crippen molar-refractivity contribution in [2.45, 2.75) is 65.2 Å². The average molecular weight is 256 g/mol. The van der Waals surface area contributed by atoms with Gasteiger partial charge in [-0.3, -0.25) is 0 Å². The number of fused-ring (bicyclic) bond motifs is 3. The lowest BCUT2D eigenvalue weighted by Gasteiger charge is -2.52. The maximum atomic E-state index is 2.55. The Labute approximate surface area is 118 Å². The molecule has 3 unspecified atom stereocenters. The van der Waals surface area contributed by atoms with Crippen LogP contribution in [0.2, 0.25) is 0 Å². The molecule has 2 aliphatic rings. The van der Waals surface area contributed by atoms with Crippen LogP contribution < -0.4 is 0 Å². The molecular formula is C19H28. The molecule has 2 aliphatic carbocycles. The zero-order valence-corrected chi connectivity index (χ0v) is 12.8. The zero-order valence-electron chi connectivity index (χ0n) is 12.8. The molecule has 1 aromatic rings. The van der Waals surface area contributed by atoms with Crippen molar-refractivity contribution in [2.24, 2.45) is 17.3 Å². The van der Waals surface area contributed by atoms with E-state index in [0.717, 1.165) is 17.8 Å². The van der Waals surface area contributed by atoms with E-state index in [4.69, 9.17) is 0 Å². The van der Waals surface area contributed by atoms with E-state index in [1.165, 1.54) is 38.5 Å². The predicted molar refractivity (Wildman–Crippen MR) is 82.4 cm³/mol. The number of rotatable bonds is 2. The SMILES string of the molecule is CCC1C2CCc3ccccc3C2CC[C@]1(C)CC. The maximum absolute atomic E-state index is 2.55. The molecule has 3 rings (SSSR count). The molecule has 0 heterocycles. The van der Waals surface area contributed by atoms with E-state index in [1.807, 2.05) is 0 Å². The van der Waals surface area contributed by atoms with E-state index in [2.05, 4.69) is 45.0 Å². The van der Waals surface area contributed by atoms with E-state index in [1.54, 1.807) is 11.1 Å². The summed E-state index contributed by atoms with van der Waals surface area (Å²) in [5.41, 5.74) is 3.93. The summed E-state index contributed by atoms with van der Waals surface area (Å²) in [4.78, 5) is 0. The predicted octanol–water partition coefficient (Wildman–Crippen LogP) is 5.57. The van der Waals surface area contributed by atoms with E-state index >= 15 is 0 Å². The summed E-state index contributed by atoms with van der Waals surface area (Å²) >= 11 is 0. The molecule has 0 nitrogen and oxygen atoms in total. The third-order valence-corrected chi connectivity index (χ3v) is 6.40. The van der Waals surface area contributed by atoms with E-state index in [9.17, 15) is 0 Å². The molecule has 19 heavy (non-hydrogen) atoms. The van der Waals surface area contributed by atoms with Crippen LogP contribution in [0.25, 0.3) is 0 Å². The first-order valence-corrected chi connectivity index (χ1v) is 8.27. The maximum Gasteiger partial charge on any atom is -0.0128 e. The summed E-state index contributed by atoms with van der Waals surface area (Å²) in [6.07, 6.45) is 8.31. The van der Waals surface area contributed by atoms with Crippen molar-refractivity contribution in [3.05, 3.63) is 35.4 Å². The van der Waals surface area contributed by atoms with E-state index in [0.29, 0.717) is 5.41 Å². The lowest BCUT2D eigenvalue weighted by atomic mass is 9.53. The van der Waals surface area contributed by atoms with Gasteiger partial charge in [0.15, 0.2) is 0 Å². The molecule has 0 amide bonds. The van der Waals surface area contributed by atoms with Gasteiger partial charge in [-0.15, -0.1) is 0 Å². The monoisotopic (exact) mass is 256 g/mol. The number of benzene rings is 1. The second-order valence-corrected chi connectivity index (χ2v) is 7.07. The van der Waals surface area contributed by atoms with Crippen molar-refractivity contribution in [3.8, 4) is 0 Å². The van der Waals surface area contributed by atoms with Crippen LogP contribution in [-0.4, -0.2) is 0 Å². The van der Waals surface area contributed by atoms with Crippen LogP contribution in [0.15, 0.2) is 24.3 Å². The van der Waals surface area contributed by atoms with E-state index < -0.39 is 0 Å². The van der Waals surface area contributed by atoms with E-state index in [-0.39, 0.29) is 0 Å². The fraction of sp³-hybridized carbons (Fsp3) is 0.684. The van der Waals surface area contributed by atoms with Gasteiger partial charge in [0.25, 0.3) is 0 Å². The zero-order chi connectivity index (χ0) is 13.5. The number of hydrogen-bond donors (Lipinski definition) is 0. The minimum absolute atomic E-state index is 0.599. The van der Waals surface area contributed by atoms with Gasteiger partial charge in [0.1, 0.15) is 0 Å². The topological polar surface area (TPSA) is 0 Å². The van der Waals surface area contributed by atoms with Crippen LogP contribution in [0.5, 0.6) is 0 Å². The van der Waals surface area contributed by atoms with Crippen LogP contribution in [0.4, 0.5) is 0 Å². The largest absolute Gasteiger partial charge is 0.0651 e. The molecule has 4 atom stereocenters. The molecule has 0 bridgehead atoms. The average Bonchev–Trinajstić information content (AvgIpc) is 2.46. The summed E-state index contributed by atoms with van der Waals surface area (Å²) in [7, 11) is 0. The fourth-order valence-electron chi connectivity index (χ4n) is 5.15. The molecular weight excluding hydrogens is 228 g/mol. The molecule has 0 aromatic heterocycles. The molecule has 0 saturated heterocycles. The van der Waals surface area contributed by atoms with Gasteiger partial charge in [-0.1, -0.05) is 57.9 Å². The van der Waals surface area contributed by atoms with Crippen molar-refractivity contribution in [3.63, 3.8) is 0 Å². The van der Waals surface area contributed by atoms with Gasteiger partial charge in [-0.25, -0.2) is 0 Å². The lowest BCUT2D eigenvalue weighted by molar-refractivity contribution is 0.0256. The van der Waals surface area contributed by atoms with Crippen LogP contribution in [-0.2, 0) is 6.42 Å². The molecule has 1 saturated carbocycles. The lowest BCUT2D eigenvalue weighted by Crippen LogP contribution is -2.42. The second kappa shape index (κ2) is 4.96. The Balaban J connectivity index is 1.95. The van der Waals surface area contributed by atoms with Crippen molar-refractivity contribution >= 4 is 0 Å². The summed E-state index contributed by atoms with van der Waals surface area (Å²) in [6.45, 7) is 7.37. The van der Waals surface area contributed by atoms with Crippen LogP contribution in [0, 0.1) is 17.3 Å². The third-order valence-electron chi connectivity index (χ3n) is 6.40. The van der Waals surface area contributed by atoms with Gasteiger partial charge in [-0.05, 0) is 60.0 Å². The van der Waals surface area contributed by atoms with Crippen LogP contribution in [0.1, 0.15) is 69.9 Å². The highest BCUT2D eigenvalue weighted by atomic mass is 14.5. The highest BCUT2D eigenvalue weighted by Crippen LogP contribution is 2.56. The van der Waals surface area contributed by atoms with Crippen LogP contribution in [0.3, 0.4) is 0 Å². The molecule has 1 aromatic carbocycles. The molecule has 0 spiro atoms. The number of hydrogen-bond acceptors (Lipinski definition) is 0. The normalized spacial score (nSPS) is 37.5. The van der Waals surface area contributed by atoms with Crippen molar-refractivity contribution in [2.75, 3.05) is 0 Å². The first-order valence-electron chi connectivity index (χ1n) is 8.27. The van der Waals surface area contributed by atoms with Crippen LogP contribution >= 0.6 is 0 Å². The van der Waals surface area contributed by atoms with Crippen molar-refractivity contribution < 1.29 is 0 Å². The standard InChI is InChI=1S/C19H28/c1-4-18-17-11-10-14-8-6-7-9-15(14)16(17)12-13-19(18,3)5-2/h6-9,16-18H,4-5,10-13H2,1-3H3/t16?,17?,18?,19-/m0/s1. The van der Waals surface area contributed by atoms with Gasteiger partial charge in [0, 0.05) is 0 Å². The Bertz CT molecular complexity index is 447. The molecule has 0 aliphatic heterocycles. The first-order chi connectivity index (χ1) is 9.19. The molecule has 1 fully saturated rings. The van der Waals surface area contributed by atoms with Gasteiger partial charge in [0.05, 0.1) is 0 Å². The summed E-state index contributed by atoms with van der Waals surface area (Å²) in [5, 5.41) is 0. The minimum atomic E-state index is 0.599. The molecule has 0 heteroatoms. The van der Waals surface area contributed by atoms with Gasteiger partial charge >= 0.3 is 0 Å². The van der Waals surface area contributed by atoms with Crippen molar-refractivity contribution in [1.82, 2.24) is 0 Å². The third kappa shape index (κ3) is 2.04. The molecule has 0 N–H and O–H groups in total. The molecule has 0 radical (unpaired) electrons. The summed E-state index contributed by atoms with van der Waals surface area (Å²) in [5.74, 6) is 2.73. The highest BCUT2D eigenvalue weighted by Gasteiger charge is 2.46. The smallest absolute Gasteiger partial charge is 0.0128 e. The van der Waals surface area contributed by atoms with Gasteiger partial charge < -0.3 is 0 Å². The van der Waals surface area contributed by atoms with Gasteiger partial charge in [0.2, 0.25) is 0 Å². The molecule has 104 valence electrons. The van der Waals surface area contributed by atoms with Crippen molar-refractivity contribution in [1.29, 1.82) is 0 Å².